The van der Waals surface area contributed by atoms with E-state index in [0.717, 1.165) is 0 Å². The highest BCUT2D eigenvalue weighted by atomic mass is 16.5. The maximum absolute atomic E-state index is 12.1. The summed E-state index contributed by atoms with van der Waals surface area (Å²) < 4.78 is 5.00. The van der Waals surface area contributed by atoms with Crippen molar-refractivity contribution in [3.8, 4) is 0 Å². The van der Waals surface area contributed by atoms with Crippen LogP contribution in [0.4, 0.5) is 0 Å². The van der Waals surface area contributed by atoms with Crippen LogP contribution in [0.3, 0.4) is 0 Å². The lowest BCUT2D eigenvalue weighted by Gasteiger charge is -2.29. The van der Waals surface area contributed by atoms with Crippen LogP contribution in [0.15, 0.2) is 24.3 Å². The molecule has 0 heterocycles. The summed E-state index contributed by atoms with van der Waals surface area (Å²) in [5.41, 5.74) is -0.369. The zero-order chi connectivity index (χ0) is 14.3. The molecule has 0 saturated carbocycles. The highest BCUT2D eigenvalue weighted by molar-refractivity contribution is 5.96. The van der Waals surface area contributed by atoms with Crippen LogP contribution in [0.1, 0.15) is 15.9 Å². The second-order valence-electron chi connectivity index (χ2n) is 4.30. The van der Waals surface area contributed by atoms with Gasteiger partial charge in [0.1, 0.15) is 5.54 Å². The van der Waals surface area contributed by atoms with Gasteiger partial charge in [0.2, 0.25) is 0 Å². The molecule has 0 aromatic heterocycles. The molecule has 0 fully saturated rings. The Morgan fingerprint density at radius 1 is 1.21 bits per heavy atom. The molecular weight excluding hydrogens is 250 g/mol. The van der Waals surface area contributed by atoms with E-state index in [2.05, 4.69) is 5.32 Å². The normalized spacial score (nSPS) is 11.4. The van der Waals surface area contributed by atoms with Gasteiger partial charge < -0.3 is 25.4 Å². The van der Waals surface area contributed by atoms with Gasteiger partial charge in [-0.3, -0.25) is 4.79 Å². The largest absolute Gasteiger partial charge is 0.394 e. The van der Waals surface area contributed by atoms with E-state index in [4.69, 9.17) is 4.74 Å². The highest BCUT2D eigenvalue weighted by Gasteiger charge is 2.30. The van der Waals surface area contributed by atoms with Crippen LogP contribution in [0.25, 0.3) is 0 Å². The van der Waals surface area contributed by atoms with Crippen LogP contribution in [-0.4, -0.2) is 53.7 Å². The van der Waals surface area contributed by atoms with Gasteiger partial charge >= 0.3 is 0 Å². The molecule has 4 N–H and O–H groups in total. The number of ether oxygens (including phenoxy) is 1. The van der Waals surface area contributed by atoms with Gasteiger partial charge in [-0.15, -0.1) is 0 Å². The van der Waals surface area contributed by atoms with Crippen LogP contribution in [0, 0.1) is 0 Å². The number of hydrogen-bond donors (Lipinski definition) is 4. The Hall–Kier alpha value is -1.47. The van der Waals surface area contributed by atoms with Gasteiger partial charge in [-0.2, -0.15) is 0 Å². The summed E-state index contributed by atoms with van der Waals surface area (Å²) in [6, 6.07) is 6.84. The number of benzene rings is 1. The van der Waals surface area contributed by atoms with Crippen molar-refractivity contribution in [3.63, 3.8) is 0 Å². The first-order valence-corrected chi connectivity index (χ1v) is 5.84. The molecule has 0 aliphatic carbocycles. The molecule has 0 aliphatic rings. The molecule has 0 unspecified atom stereocenters. The lowest BCUT2D eigenvalue weighted by Crippen LogP contribution is -2.57. The first-order valence-electron chi connectivity index (χ1n) is 5.84. The second-order valence-corrected chi connectivity index (χ2v) is 4.30. The number of aliphatic hydroxyl groups excluding tert-OH is 3. The van der Waals surface area contributed by atoms with E-state index in [9.17, 15) is 20.1 Å². The Morgan fingerprint density at radius 2 is 1.79 bits per heavy atom. The molecule has 6 heteroatoms. The number of carbonyl (C=O) groups excluding carboxylic acids is 1. The fraction of sp³-hybridized carbons (Fsp3) is 0.462. The van der Waals surface area contributed by atoms with Crippen molar-refractivity contribution < 1.29 is 24.9 Å². The highest BCUT2D eigenvalue weighted by Crippen LogP contribution is 2.12. The van der Waals surface area contributed by atoms with E-state index in [1.54, 1.807) is 24.3 Å². The lowest BCUT2D eigenvalue weighted by atomic mass is 10.0. The van der Waals surface area contributed by atoms with Gasteiger partial charge in [-0.05, 0) is 11.6 Å². The van der Waals surface area contributed by atoms with Crippen molar-refractivity contribution in [2.24, 2.45) is 0 Å². The molecule has 1 rings (SSSR count). The van der Waals surface area contributed by atoms with Crippen molar-refractivity contribution in [3.05, 3.63) is 35.4 Å². The molecule has 0 aliphatic heterocycles. The zero-order valence-corrected chi connectivity index (χ0v) is 10.8. The van der Waals surface area contributed by atoms with Crippen LogP contribution in [0.2, 0.25) is 0 Å². The molecule has 0 saturated heterocycles. The van der Waals surface area contributed by atoms with E-state index in [1.165, 1.54) is 7.11 Å². The predicted molar refractivity (Wildman–Crippen MR) is 68.6 cm³/mol. The summed E-state index contributed by atoms with van der Waals surface area (Å²) in [5.74, 6) is -0.482. The van der Waals surface area contributed by atoms with E-state index in [-0.39, 0.29) is 6.61 Å². The van der Waals surface area contributed by atoms with Gasteiger partial charge in [0, 0.05) is 12.7 Å². The van der Waals surface area contributed by atoms with Crippen LogP contribution < -0.4 is 5.32 Å². The Labute approximate surface area is 111 Å². The van der Waals surface area contributed by atoms with Crippen molar-refractivity contribution in [1.82, 2.24) is 5.32 Å². The standard InChI is InChI=1S/C13H19NO5/c1-19-6-10-4-2-3-5-11(10)12(18)14-13(7-15,8-16)9-17/h2-5,15-17H,6-9H2,1H3,(H,14,18). The smallest absolute Gasteiger partial charge is 0.252 e. The topological polar surface area (TPSA) is 99.0 Å². The second kappa shape index (κ2) is 7.20. The summed E-state index contributed by atoms with van der Waals surface area (Å²) in [6.45, 7) is -1.40. The molecule has 0 spiro atoms. The maximum Gasteiger partial charge on any atom is 0.252 e. The summed E-state index contributed by atoms with van der Waals surface area (Å²) >= 11 is 0. The summed E-state index contributed by atoms with van der Waals surface area (Å²) in [7, 11) is 1.52. The molecule has 0 bridgehead atoms. The molecule has 1 amide bonds. The van der Waals surface area contributed by atoms with E-state index >= 15 is 0 Å². The van der Waals surface area contributed by atoms with E-state index in [0.29, 0.717) is 11.1 Å². The Bertz CT molecular complexity index is 409. The quantitative estimate of drug-likeness (QED) is 0.523. The van der Waals surface area contributed by atoms with Gasteiger partial charge in [0.05, 0.1) is 26.4 Å². The third-order valence-corrected chi connectivity index (χ3v) is 2.85. The fourth-order valence-corrected chi connectivity index (χ4v) is 1.60. The predicted octanol–water partition coefficient (Wildman–Crippen LogP) is -0.722. The van der Waals surface area contributed by atoms with Crippen molar-refractivity contribution in [2.45, 2.75) is 12.1 Å². The van der Waals surface area contributed by atoms with E-state index < -0.39 is 31.3 Å². The summed E-state index contributed by atoms with van der Waals surface area (Å²) in [6.07, 6.45) is 0. The minimum Gasteiger partial charge on any atom is -0.394 e. The molecule has 6 nitrogen and oxygen atoms in total. The van der Waals surface area contributed by atoms with Gasteiger partial charge in [-0.1, -0.05) is 18.2 Å². The zero-order valence-electron chi connectivity index (χ0n) is 10.8. The number of amides is 1. The minimum atomic E-state index is -1.43. The molecule has 19 heavy (non-hydrogen) atoms. The number of methoxy groups -OCH3 is 1. The molecule has 0 atom stereocenters. The van der Waals surface area contributed by atoms with Crippen LogP contribution in [0.5, 0.6) is 0 Å². The average molecular weight is 269 g/mol. The minimum absolute atomic E-state index is 0.272. The average Bonchev–Trinajstić information content (AvgIpc) is 2.46. The molecule has 1 aromatic carbocycles. The van der Waals surface area contributed by atoms with Gasteiger partial charge in [-0.25, -0.2) is 0 Å². The van der Waals surface area contributed by atoms with Crippen molar-refractivity contribution in [1.29, 1.82) is 0 Å². The first kappa shape index (κ1) is 15.6. The summed E-state index contributed by atoms with van der Waals surface area (Å²) in [4.78, 5) is 12.1. The maximum atomic E-state index is 12.1. The number of rotatable bonds is 7. The monoisotopic (exact) mass is 269 g/mol. The van der Waals surface area contributed by atoms with E-state index in [1.807, 2.05) is 0 Å². The van der Waals surface area contributed by atoms with Gasteiger partial charge in [0.15, 0.2) is 0 Å². The number of hydrogen-bond acceptors (Lipinski definition) is 5. The third kappa shape index (κ3) is 3.74. The molecule has 106 valence electrons. The Morgan fingerprint density at radius 3 is 2.32 bits per heavy atom. The number of nitrogens with one attached hydrogen (secondary N) is 1. The number of aliphatic hydroxyl groups is 3. The van der Waals surface area contributed by atoms with Crippen LogP contribution in [-0.2, 0) is 11.3 Å². The SMILES string of the molecule is COCc1ccccc1C(=O)NC(CO)(CO)CO. The Balaban J connectivity index is 2.94. The third-order valence-electron chi connectivity index (χ3n) is 2.85. The Kier molecular flexibility index (Phi) is 5.91. The van der Waals surface area contributed by atoms with Crippen LogP contribution >= 0.6 is 0 Å². The fourth-order valence-electron chi connectivity index (χ4n) is 1.60. The summed E-state index contributed by atoms with van der Waals surface area (Å²) in [5, 5.41) is 30.0. The lowest BCUT2D eigenvalue weighted by molar-refractivity contribution is 0.0374. The molecule has 0 radical (unpaired) electrons. The number of carbonyl (C=O) groups is 1. The van der Waals surface area contributed by atoms with Gasteiger partial charge in [0.25, 0.3) is 5.91 Å². The molecule has 1 aromatic rings. The van der Waals surface area contributed by atoms with Crippen molar-refractivity contribution in [2.75, 3.05) is 26.9 Å². The first-order chi connectivity index (χ1) is 9.12. The molecular formula is C13H19NO5. The van der Waals surface area contributed by atoms with Crippen molar-refractivity contribution >= 4 is 5.91 Å².